The van der Waals surface area contributed by atoms with Crippen LogP contribution in [0, 0.1) is 3.57 Å². The van der Waals surface area contributed by atoms with Crippen LogP contribution in [-0.4, -0.2) is 125 Å². The predicted molar refractivity (Wildman–Crippen MR) is 251 cm³/mol. The van der Waals surface area contributed by atoms with Gasteiger partial charge in [0.25, 0.3) is 11.5 Å². The Morgan fingerprint density at radius 3 is 2.31 bits per heavy atom. The number of nitrogens with one attached hydrogen (secondary N) is 6. The Morgan fingerprint density at radius 2 is 1.62 bits per heavy atom. The fourth-order valence-electron chi connectivity index (χ4n) is 7.13. The number of halogens is 1. The van der Waals surface area contributed by atoms with Crippen LogP contribution in [0.3, 0.4) is 0 Å². The summed E-state index contributed by atoms with van der Waals surface area (Å²) in [5.74, 6) is -4.17. The summed E-state index contributed by atoms with van der Waals surface area (Å²) < 4.78 is 1.17. The lowest BCUT2D eigenvalue weighted by Gasteiger charge is -2.35. The molecular formula is C43H60IN11O9. The molecular weight excluding hydrogens is 941 g/mol. The standard InChI is InChI=1S/C43H60IN11O9/c1-54-31(25-50-38-37(54)40(60)53-43(46)52-38)24-48-30-17-13-28(14-18-30)39(59)51-32(41(61)62)19-20-35(57)49-26-36(58)55(23-7-5-21-45)33(42(63)64)9-4-6-22-47-34(56)10-3-2-8-27-11-15-29(44)16-12-27/h11-18,31-33,48H,2-10,19-26,45H2,1H3,(H,47,56)(H,49,57)(H,51,59)(H,61,62)(H,63,64)(H4,46,50,52,53,60). The van der Waals surface area contributed by atoms with Crippen LogP contribution in [0.2, 0.25) is 0 Å². The van der Waals surface area contributed by atoms with Gasteiger partial charge in [-0.15, -0.1) is 0 Å². The number of rotatable bonds is 27. The molecule has 1 aromatic heterocycles. The number of carboxylic acids is 2. The largest absolute Gasteiger partial charge is 0.480 e. The summed E-state index contributed by atoms with van der Waals surface area (Å²) in [5, 5.41) is 34.1. The molecule has 4 rings (SSSR count). The number of anilines is 4. The molecule has 64 heavy (non-hydrogen) atoms. The first-order valence-corrected chi connectivity index (χ1v) is 22.5. The van der Waals surface area contributed by atoms with Crippen molar-refractivity contribution in [1.82, 2.24) is 30.8 Å². The van der Waals surface area contributed by atoms with E-state index in [0.29, 0.717) is 75.5 Å². The van der Waals surface area contributed by atoms with Gasteiger partial charge in [-0.3, -0.25) is 29.0 Å². The number of aromatic amines is 1. The molecule has 348 valence electrons. The van der Waals surface area contributed by atoms with Gasteiger partial charge in [-0.1, -0.05) is 12.1 Å². The number of carbonyl (C=O) groups is 6. The molecule has 2 aromatic carbocycles. The molecule has 3 aromatic rings. The molecule has 0 fully saturated rings. The Labute approximate surface area is 385 Å². The number of hydrogen-bond donors (Lipinski definition) is 10. The second-order valence-electron chi connectivity index (χ2n) is 15.5. The normalized spacial score (nSPS) is 14.0. The summed E-state index contributed by atoms with van der Waals surface area (Å²) in [7, 11) is 1.77. The molecule has 0 bridgehead atoms. The van der Waals surface area contributed by atoms with Crippen molar-refractivity contribution in [3.63, 3.8) is 0 Å². The van der Waals surface area contributed by atoms with Gasteiger partial charge in [0.05, 0.1) is 12.6 Å². The average molecular weight is 1000 g/mol. The summed E-state index contributed by atoms with van der Waals surface area (Å²) in [5.41, 5.74) is 13.4. The first-order chi connectivity index (χ1) is 30.7. The van der Waals surface area contributed by atoms with Gasteiger partial charge in [0.15, 0.2) is 5.82 Å². The number of nitrogens with zero attached hydrogens (tertiary/aromatic N) is 3. The molecule has 0 aliphatic carbocycles. The van der Waals surface area contributed by atoms with E-state index >= 15 is 0 Å². The lowest BCUT2D eigenvalue weighted by Crippen LogP contribution is -2.49. The third kappa shape index (κ3) is 16.3. The molecule has 2 heterocycles. The lowest BCUT2D eigenvalue weighted by atomic mass is 10.1. The zero-order valence-corrected chi connectivity index (χ0v) is 38.2. The number of unbranched alkanes of at least 4 members (excludes halogenated alkanes) is 3. The van der Waals surface area contributed by atoms with Crippen LogP contribution in [0.1, 0.15) is 80.1 Å². The van der Waals surface area contributed by atoms with Gasteiger partial charge < -0.3 is 58.1 Å². The maximum absolute atomic E-state index is 13.4. The molecule has 12 N–H and O–H groups in total. The van der Waals surface area contributed by atoms with Crippen LogP contribution < -0.4 is 48.5 Å². The van der Waals surface area contributed by atoms with Crippen LogP contribution in [0.5, 0.6) is 0 Å². The highest BCUT2D eigenvalue weighted by atomic mass is 127. The Morgan fingerprint density at radius 1 is 0.906 bits per heavy atom. The van der Waals surface area contributed by atoms with Gasteiger partial charge in [-0.25, -0.2) is 9.59 Å². The predicted octanol–water partition coefficient (Wildman–Crippen LogP) is 2.10. The van der Waals surface area contributed by atoms with Gasteiger partial charge in [0, 0.05) is 60.9 Å². The highest BCUT2D eigenvalue weighted by Crippen LogP contribution is 2.25. The van der Waals surface area contributed by atoms with E-state index in [1.165, 1.54) is 26.2 Å². The molecule has 1 aliphatic heterocycles. The van der Waals surface area contributed by atoms with E-state index in [4.69, 9.17) is 11.5 Å². The maximum Gasteiger partial charge on any atom is 0.326 e. The van der Waals surface area contributed by atoms with Crippen molar-refractivity contribution in [3.05, 3.63) is 73.6 Å². The molecule has 0 radical (unpaired) electrons. The van der Waals surface area contributed by atoms with E-state index < -0.39 is 48.3 Å². The topological polar surface area (TPSA) is 307 Å². The van der Waals surface area contributed by atoms with E-state index in [-0.39, 0.29) is 54.8 Å². The highest BCUT2D eigenvalue weighted by molar-refractivity contribution is 14.1. The third-order valence-electron chi connectivity index (χ3n) is 10.8. The second-order valence-corrected chi connectivity index (χ2v) is 16.8. The van der Waals surface area contributed by atoms with E-state index in [0.717, 1.165) is 19.3 Å². The summed E-state index contributed by atoms with van der Waals surface area (Å²) in [6, 6.07) is 11.9. The van der Waals surface area contributed by atoms with Crippen molar-refractivity contribution >= 4 is 81.3 Å². The van der Waals surface area contributed by atoms with Crippen LogP contribution in [0.4, 0.5) is 23.1 Å². The number of amides is 4. The summed E-state index contributed by atoms with van der Waals surface area (Å²) in [4.78, 5) is 98.0. The highest BCUT2D eigenvalue weighted by Gasteiger charge is 2.30. The number of benzene rings is 2. The molecule has 0 saturated heterocycles. The molecule has 0 spiro atoms. The summed E-state index contributed by atoms with van der Waals surface area (Å²) >= 11 is 2.26. The third-order valence-corrected chi connectivity index (χ3v) is 11.5. The Kier molecular flexibility index (Phi) is 20.6. The Bertz CT molecular complexity index is 2100. The maximum atomic E-state index is 13.4. The van der Waals surface area contributed by atoms with E-state index in [1.54, 1.807) is 24.1 Å². The number of nitrogen functional groups attached to an aromatic ring is 1. The number of H-pyrrole nitrogens is 1. The molecule has 0 saturated carbocycles. The molecule has 4 amide bonds. The minimum atomic E-state index is -1.42. The van der Waals surface area contributed by atoms with E-state index in [2.05, 4.69) is 83.4 Å². The summed E-state index contributed by atoms with van der Waals surface area (Å²) in [6.45, 7) is 1.22. The molecule has 1 aliphatic rings. The quantitative estimate of drug-likeness (QED) is 0.0387. The van der Waals surface area contributed by atoms with Gasteiger partial charge >= 0.3 is 11.9 Å². The minimum absolute atomic E-state index is 0.0136. The van der Waals surface area contributed by atoms with Crippen LogP contribution in [-0.2, 0) is 30.4 Å². The van der Waals surface area contributed by atoms with Gasteiger partial charge in [0.1, 0.15) is 17.8 Å². The first kappa shape index (κ1) is 50.7. The first-order valence-electron chi connectivity index (χ1n) is 21.4. The monoisotopic (exact) mass is 1000 g/mol. The SMILES string of the molecule is CN1c2c(nc(N)[nH]c2=O)NCC1CNc1ccc(C(=O)NC(CCC(=O)NCC(=O)N(CCCCN)C(CCCCNC(=O)CCCCc2ccc(I)cc2)C(=O)O)C(=O)O)cc1. The number of fused-ring (bicyclic) bond motifs is 1. The van der Waals surface area contributed by atoms with Crippen molar-refractivity contribution in [3.8, 4) is 0 Å². The fraction of sp³-hybridized carbons (Fsp3) is 0.488. The number of carboxylic acid groups (broad SMARTS) is 2. The Balaban J connectivity index is 1.18. The average Bonchev–Trinajstić information content (AvgIpc) is 3.26. The number of aliphatic carboxylic acids is 2. The lowest BCUT2D eigenvalue weighted by molar-refractivity contribution is -0.150. The number of aryl methyl sites for hydroxylation is 1. The fourth-order valence-corrected chi connectivity index (χ4v) is 7.49. The number of nitrogens with two attached hydrogens (primary N) is 2. The van der Waals surface area contributed by atoms with Crippen molar-refractivity contribution in [2.45, 2.75) is 88.8 Å². The molecule has 3 unspecified atom stereocenters. The van der Waals surface area contributed by atoms with E-state index in [1.807, 2.05) is 0 Å². The zero-order chi connectivity index (χ0) is 46.6. The molecule has 3 atom stereocenters. The number of likely N-dealkylation sites (N-methyl/N-ethyl adjacent to an activating group) is 1. The van der Waals surface area contributed by atoms with Crippen molar-refractivity contribution < 1.29 is 39.0 Å². The second kappa shape index (κ2) is 26.0. The van der Waals surface area contributed by atoms with E-state index in [9.17, 15) is 43.8 Å². The zero-order valence-electron chi connectivity index (χ0n) is 36.0. The van der Waals surface area contributed by atoms with Crippen LogP contribution in [0.15, 0.2) is 53.3 Å². The van der Waals surface area contributed by atoms with Crippen molar-refractivity contribution in [2.75, 3.05) is 67.6 Å². The van der Waals surface area contributed by atoms with Crippen LogP contribution >= 0.6 is 22.6 Å². The smallest absolute Gasteiger partial charge is 0.326 e. The van der Waals surface area contributed by atoms with Crippen molar-refractivity contribution in [1.29, 1.82) is 0 Å². The number of carbonyl (C=O) groups excluding carboxylic acids is 4. The Hall–Kier alpha value is -5.97. The molecule has 20 nitrogen and oxygen atoms in total. The minimum Gasteiger partial charge on any atom is -0.480 e. The van der Waals surface area contributed by atoms with Crippen molar-refractivity contribution in [2.24, 2.45) is 5.73 Å². The van der Waals surface area contributed by atoms with Gasteiger partial charge in [-0.05, 0) is 129 Å². The molecule has 21 heteroatoms. The van der Waals surface area contributed by atoms with Gasteiger partial charge in [0.2, 0.25) is 23.7 Å². The summed E-state index contributed by atoms with van der Waals surface area (Å²) in [6.07, 6.45) is 4.37. The number of hydrogen-bond acceptors (Lipinski definition) is 13. The number of aromatic nitrogens is 2. The van der Waals surface area contributed by atoms with Crippen LogP contribution in [0.25, 0.3) is 0 Å². The van der Waals surface area contributed by atoms with Gasteiger partial charge in [-0.2, -0.15) is 4.98 Å².